The van der Waals surface area contributed by atoms with Crippen LogP contribution in [0.15, 0.2) is 67.1 Å². The quantitative estimate of drug-likeness (QED) is 0.413. The second kappa shape index (κ2) is 12.1. The van der Waals surface area contributed by atoms with Crippen LogP contribution in [0.3, 0.4) is 0 Å². The predicted octanol–water partition coefficient (Wildman–Crippen LogP) is 7.95. The van der Waals surface area contributed by atoms with Crippen molar-refractivity contribution in [2.45, 2.75) is 79.2 Å². The van der Waals surface area contributed by atoms with E-state index in [0.717, 1.165) is 31.6 Å². The minimum absolute atomic E-state index is 0.262. The molecule has 1 saturated heterocycles. The second-order valence-corrected chi connectivity index (χ2v) is 8.88. The highest BCUT2D eigenvalue weighted by Gasteiger charge is 2.31. The van der Waals surface area contributed by atoms with Gasteiger partial charge in [-0.3, -0.25) is 4.90 Å². The van der Waals surface area contributed by atoms with E-state index in [9.17, 15) is 0 Å². The van der Waals surface area contributed by atoms with Crippen LogP contribution in [0.5, 0.6) is 0 Å². The van der Waals surface area contributed by atoms with Crippen molar-refractivity contribution >= 4 is 5.69 Å². The van der Waals surface area contributed by atoms with Gasteiger partial charge in [0.25, 0.3) is 0 Å². The van der Waals surface area contributed by atoms with Gasteiger partial charge in [-0.1, -0.05) is 75.4 Å². The van der Waals surface area contributed by atoms with Crippen LogP contribution in [-0.2, 0) is 0 Å². The summed E-state index contributed by atoms with van der Waals surface area (Å²) in [5, 5.41) is 0. The first-order chi connectivity index (χ1) is 14.9. The maximum atomic E-state index is 4.64. The van der Waals surface area contributed by atoms with Crippen LogP contribution < -0.4 is 4.90 Å². The van der Waals surface area contributed by atoms with Gasteiger partial charge < -0.3 is 4.90 Å². The van der Waals surface area contributed by atoms with Crippen LogP contribution in [0.2, 0.25) is 0 Å². The van der Waals surface area contributed by atoms with Gasteiger partial charge in [-0.05, 0) is 83.0 Å². The number of hydrogen-bond donors (Lipinski definition) is 0. The van der Waals surface area contributed by atoms with Crippen molar-refractivity contribution < 1.29 is 0 Å². The minimum Gasteiger partial charge on any atom is -0.320 e. The summed E-state index contributed by atoms with van der Waals surface area (Å²) < 4.78 is 0. The standard InChI is InChI=1S/C27H38N2.C2H6/c1-7-29(26-21(4)12-11-13-22(26)5)23(6)27(28-18-9-8-10-19-28)25-16-14-24(15-17-25)20(2)3;1-2/h7,11-13,16,24,27H,1-2,6,8-10,14-15,17-19H2,3-5H3;1-2H3/t24-,27?;/m1./s1. The maximum Gasteiger partial charge on any atom is 0.0713 e. The fourth-order valence-electron chi connectivity index (χ4n) is 5.06. The Morgan fingerprint density at radius 3 is 2.19 bits per heavy atom. The van der Waals surface area contributed by atoms with E-state index in [1.807, 2.05) is 20.0 Å². The Balaban J connectivity index is 0.00000166. The van der Waals surface area contributed by atoms with Crippen molar-refractivity contribution in [2.75, 3.05) is 18.0 Å². The lowest BCUT2D eigenvalue weighted by molar-refractivity contribution is 0.197. The molecule has 1 aromatic carbocycles. The third-order valence-corrected chi connectivity index (χ3v) is 6.74. The van der Waals surface area contributed by atoms with Crippen LogP contribution in [-0.4, -0.2) is 24.0 Å². The van der Waals surface area contributed by atoms with E-state index >= 15 is 0 Å². The molecule has 2 nitrogen and oxygen atoms in total. The topological polar surface area (TPSA) is 6.48 Å². The molecule has 2 atom stereocenters. The molecule has 1 aromatic rings. The first-order valence-electron chi connectivity index (χ1n) is 12.2. The van der Waals surface area contributed by atoms with Gasteiger partial charge in [-0.25, -0.2) is 0 Å². The van der Waals surface area contributed by atoms with Gasteiger partial charge in [0, 0.05) is 11.9 Å². The smallest absolute Gasteiger partial charge is 0.0713 e. The van der Waals surface area contributed by atoms with Crippen LogP contribution in [0.1, 0.15) is 70.4 Å². The molecule has 1 unspecified atom stereocenters. The summed E-state index contributed by atoms with van der Waals surface area (Å²) in [4.78, 5) is 4.90. The number of para-hydroxylation sites is 1. The molecule has 0 saturated carbocycles. The summed E-state index contributed by atoms with van der Waals surface area (Å²) in [7, 11) is 0. The molecular weight excluding hydrogens is 376 g/mol. The van der Waals surface area contributed by atoms with E-state index in [1.54, 1.807) is 0 Å². The van der Waals surface area contributed by atoms with Crippen LogP contribution in [0.4, 0.5) is 5.69 Å². The van der Waals surface area contributed by atoms with Crippen molar-refractivity contribution in [1.82, 2.24) is 4.90 Å². The number of anilines is 1. The maximum absolute atomic E-state index is 4.64. The Labute approximate surface area is 192 Å². The average molecular weight is 421 g/mol. The fourth-order valence-corrected chi connectivity index (χ4v) is 5.06. The van der Waals surface area contributed by atoms with Gasteiger partial charge >= 0.3 is 0 Å². The SMILES string of the molecule is C=CN(C(=C)C(C1=CC[C@@H](C(=C)C)CC1)N1CCCCC1)c1c(C)cccc1C.CC. The molecule has 1 fully saturated rings. The Morgan fingerprint density at radius 1 is 1.10 bits per heavy atom. The van der Waals surface area contributed by atoms with E-state index in [-0.39, 0.29) is 6.04 Å². The van der Waals surface area contributed by atoms with Crippen LogP contribution in [0, 0.1) is 19.8 Å². The normalized spacial score (nSPS) is 20.0. The lowest BCUT2D eigenvalue weighted by atomic mass is 9.82. The summed E-state index contributed by atoms with van der Waals surface area (Å²) in [6.45, 7) is 25.8. The summed E-state index contributed by atoms with van der Waals surface area (Å²) >= 11 is 0. The number of hydrogen-bond acceptors (Lipinski definition) is 2. The van der Waals surface area contributed by atoms with Gasteiger partial charge in [-0.15, -0.1) is 0 Å². The fraction of sp³-hybridized carbons (Fsp3) is 0.517. The number of piperidine rings is 1. The Bertz CT molecular complexity index is 775. The van der Waals surface area contributed by atoms with E-state index in [0.29, 0.717) is 5.92 Å². The largest absolute Gasteiger partial charge is 0.320 e. The molecule has 0 aromatic heterocycles. The van der Waals surface area contributed by atoms with E-state index in [1.165, 1.54) is 53.6 Å². The third kappa shape index (κ3) is 6.01. The van der Waals surface area contributed by atoms with Gasteiger partial charge in [-0.2, -0.15) is 0 Å². The average Bonchev–Trinajstić information content (AvgIpc) is 2.79. The number of allylic oxidation sites excluding steroid dienone is 2. The molecule has 31 heavy (non-hydrogen) atoms. The zero-order valence-electron chi connectivity index (χ0n) is 20.7. The predicted molar refractivity (Wildman–Crippen MR) is 139 cm³/mol. The zero-order chi connectivity index (χ0) is 23.0. The molecule has 1 aliphatic carbocycles. The van der Waals surface area contributed by atoms with Gasteiger partial charge in [0.1, 0.15) is 0 Å². The van der Waals surface area contributed by atoms with Gasteiger partial charge in [0.2, 0.25) is 0 Å². The lowest BCUT2D eigenvalue weighted by Crippen LogP contribution is -2.45. The highest BCUT2D eigenvalue weighted by atomic mass is 15.2. The first kappa shape index (κ1) is 25.2. The molecular formula is C29H44N2. The molecule has 0 radical (unpaired) electrons. The number of benzene rings is 1. The Hall–Kier alpha value is -2.06. The summed E-state index contributed by atoms with van der Waals surface area (Å²) in [6, 6.07) is 6.75. The lowest BCUT2D eigenvalue weighted by Gasteiger charge is -2.42. The molecule has 0 amide bonds. The number of aryl methyl sites for hydroxylation is 2. The van der Waals surface area contributed by atoms with Crippen molar-refractivity contribution in [3.05, 3.63) is 78.2 Å². The van der Waals surface area contributed by atoms with Crippen molar-refractivity contribution in [3.8, 4) is 0 Å². The molecule has 1 heterocycles. The van der Waals surface area contributed by atoms with Crippen LogP contribution >= 0.6 is 0 Å². The number of likely N-dealkylation sites (tertiary alicyclic amines) is 1. The molecule has 2 aliphatic rings. The highest BCUT2D eigenvalue weighted by molar-refractivity contribution is 5.65. The molecule has 0 N–H and O–H groups in total. The summed E-state index contributed by atoms with van der Waals surface area (Å²) in [5.41, 5.74) is 7.75. The van der Waals surface area contributed by atoms with Crippen molar-refractivity contribution in [3.63, 3.8) is 0 Å². The van der Waals surface area contributed by atoms with Crippen molar-refractivity contribution in [2.24, 2.45) is 5.92 Å². The van der Waals surface area contributed by atoms with E-state index in [2.05, 4.69) is 74.6 Å². The molecule has 2 heteroatoms. The molecule has 0 spiro atoms. The van der Waals surface area contributed by atoms with E-state index < -0.39 is 0 Å². The van der Waals surface area contributed by atoms with E-state index in [4.69, 9.17) is 0 Å². The Kier molecular flexibility index (Phi) is 9.84. The first-order valence-corrected chi connectivity index (χ1v) is 12.2. The molecule has 3 rings (SSSR count). The summed E-state index contributed by atoms with van der Waals surface area (Å²) in [6.07, 6.45) is 11.8. The number of rotatable bonds is 7. The third-order valence-electron chi connectivity index (χ3n) is 6.74. The highest BCUT2D eigenvalue weighted by Crippen LogP contribution is 2.37. The monoisotopic (exact) mass is 420 g/mol. The Morgan fingerprint density at radius 2 is 1.71 bits per heavy atom. The van der Waals surface area contributed by atoms with Gasteiger partial charge in [0.15, 0.2) is 0 Å². The number of nitrogens with zero attached hydrogens (tertiary/aromatic N) is 2. The summed E-state index contributed by atoms with van der Waals surface area (Å²) in [5.74, 6) is 0.628. The minimum atomic E-state index is 0.262. The van der Waals surface area contributed by atoms with Gasteiger partial charge in [0.05, 0.1) is 11.7 Å². The molecule has 0 bridgehead atoms. The van der Waals surface area contributed by atoms with Crippen molar-refractivity contribution in [1.29, 1.82) is 0 Å². The molecule has 170 valence electrons. The second-order valence-electron chi connectivity index (χ2n) is 8.88. The van der Waals surface area contributed by atoms with Crippen LogP contribution in [0.25, 0.3) is 0 Å². The zero-order valence-corrected chi connectivity index (χ0v) is 20.7. The molecule has 1 aliphatic heterocycles.